The van der Waals surface area contributed by atoms with Gasteiger partial charge in [0.1, 0.15) is 40.2 Å². The third-order valence-electron chi connectivity index (χ3n) is 6.92. The monoisotopic (exact) mass is 500 g/mol. The zero-order valence-corrected chi connectivity index (χ0v) is 22.2. The Labute approximate surface area is 216 Å². The van der Waals surface area contributed by atoms with Crippen LogP contribution in [0, 0.1) is 28.6 Å². The summed E-state index contributed by atoms with van der Waals surface area (Å²) in [5.41, 5.74) is 2.86. The van der Waals surface area contributed by atoms with Gasteiger partial charge in [0.15, 0.2) is 0 Å². The molecule has 1 aliphatic carbocycles. The van der Waals surface area contributed by atoms with Crippen LogP contribution in [0.25, 0.3) is 11.0 Å². The van der Waals surface area contributed by atoms with Gasteiger partial charge in [-0.25, -0.2) is 9.97 Å². The average molecular weight is 501 g/mol. The van der Waals surface area contributed by atoms with Crippen molar-refractivity contribution in [2.24, 2.45) is 25.2 Å². The van der Waals surface area contributed by atoms with E-state index in [9.17, 15) is 15.3 Å². The van der Waals surface area contributed by atoms with Crippen LogP contribution in [0.2, 0.25) is 0 Å². The number of hydrogen-bond acceptors (Lipinski definition) is 8. The minimum atomic E-state index is -0.412. The molecule has 192 valence electrons. The zero-order valence-electron chi connectivity index (χ0n) is 22.2. The van der Waals surface area contributed by atoms with E-state index in [0.717, 1.165) is 37.1 Å². The van der Waals surface area contributed by atoms with Crippen LogP contribution in [0.15, 0.2) is 34.6 Å². The Kier molecular flexibility index (Phi) is 7.04. The van der Waals surface area contributed by atoms with Crippen molar-refractivity contribution in [1.29, 1.82) is 10.5 Å². The highest BCUT2D eigenvalue weighted by molar-refractivity contribution is 6.00. The molecule has 0 aromatic carbocycles. The molecule has 0 atom stereocenters. The lowest BCUT2D eigenvalue weighted by atomic mass is 9.81. The molecule has 1 aliphatic rings. The first-order valence-corrected chi connectivity index (χ1v) is 12.3. The second-order valence-corrected chi connectivity index (χ2v) is 10.6. The third-order valence-corrected chi connectivity index (χ3v) is 6.92. The summed E-state index contributed by atoms with van der Waals surface area (Å²) in [7, 11) is 5.47. The number of imidazole rings is 1. The number of aryl methyl sites for hydroxylation is 2. The van der Waals surface area contributed by atoms with Crippen molar-refractivity contribution in [3.05, 3.63) is 52.0 Å². The van der Waals surface area contributed by atoms with Crippen molar-refractivity contribution in [3.8, 4) is 12.1 Å². The van der Waals surface area contributed by atoms with Crippen molar-refractivity contribution in [3.63, 3.8) is 0 Å². The fourth-order valence-corrected chi connectivity index (χ4v) is 4.94. The van der Waals surface area contributed by atoms with E-state index in [2.05, 4.69) is 27.3 Å². The van der Waals surface area contributed by atoms with Gasteiger partial charge in [-0.3, -0.25) is 4.79 Å². The molecule has 3 heterocycles. The van der Waals surface area contributed by atoms with Gasteiger partial charge in [0.25, 0.3) is 5.56 Å². The Balaban J connectivity index is 1.66. The minimum Gasteiger partial charge on any atom is -0.390 e. The Bertz CT molecular complexity index is 1490. The average Bonchev–Trinajstić information content (AvgIpc) is 3.30. The van der Waals surface area contributed by atoms with E-state index in [-0.39, 0.29) is 28.8 Å². The number of hydrogen-bond donors (Lipinski definition) is 0. The molecule has 4 rings (SSSR count). The lowest BCUT2D eigenvalue weighted by molar-refractivity contribution is -0.000103. The Morgan fingerprint density at radius 1 is 1.16 bits per heavy atom. The molecule has 0 saturated heterocycles. The molecule has 10 heteroatoms. The molecule has 0 radical (unpaired) electrons. The highest BCUT2D eigenvalue weighted by atomic mass is 16.6. The Morgan fingerprint density at radius 3 is 2.43 bits per heavy atom. The topological polar surface area (TPSA) is 125 Å². The molecule has 1 fully saturated rings. The smallest absolute Gasteiger partial charge is 0.270 e. The van der Waals surface area contributed by atoms with Crippen LogP contribution >= 0.6 is 0 Å². The predicted octanol–water partition coefficient (Wildman–Crippen LogP) is 3.62. The lowest BCUT2D eigenvalue weighted by Gasteiger charge is -2.37. The van der Waals surface area contributed by atoms with Crippen LogP contribution in [0.3, 0.4) is 0 Å². The molecular formula is C27H32N8O2. The molecule has 0 unspecified atom stereocenters. The number of nitriles is 2. The molecule has 3 aromatic heterocycles. The molecule has 37 heavy (non-hydrogen) atoms. The Morgan fingerprint density at radius 2 is 1.86 bits per heavy atom. The van der Waals surface area contributed by atoms with Gasteiger partial charge in [0.05, 0.1) is 29.4 Å². The van der Waals surface area contributed by atoms with E-state index < -0.39 is 5.60 Å². The van der Waals surface area contributed by atoms with Crippen LogP contribution < -0.4 is 10.5 Å². The van der Waals surface area contributed by atoms with Gasteiger partial charge in [-0.15, -0.1) is 0 Å². The maximum Gasteiger partial charge on any atom is 0.270 e. The first-order chi connectivity index (χ1) is 17.6. The molecule has 10 nitrogen and oxygen atoms in total. The quantitative estimate of drug-likeness (QED) is 0.387. The van der Waals surface area contributed by atoms with Crippen molar-refractivity contribution in [1.82, 2.24) is 19.1 Å². The minimum absolute atomic E-state index is 0.0397. The molecule has 0 aliphatic heterocycles. The first kappa shape index (κ1) is 25.9. The summed E-state index contributed by atoms with van der Waals surface area (Å²) in [6.45, 7) is 5.91. The fourth-order valence-electron chi connectivity index (χ4n) is 4.94. The van der Waals surface area contributed by atoms with E-state index in [1.54, 1.807) is 25.5 Å². The molecule has 0 amide bonds. The first-order valence-electron chi connectivity index (χ1n) is 12.3. The summed E-state index contributed by atoms with van der Waals surface area (Å²) < 4.78 is 3.37. The van der Waals surface area contributed by atoms with Gasteiger partial charge in [-0.2, -0.15) is 10.5 Å². The van der Waals surface area contributed by atoms with Crippen LogP contribution in [0.4, 0.5) is 5.69 Å². The van der Waals surface area contributed by atoms with E-state index in [1.165, 1.54) is 4.57 Å². The fraction of sp³-hybridized carbons (Fsp3) is 0.481. The number of nitrogens with zero attached hydrogens (tertiary/aromatic N) is 8. The van der Waals surface area contributed by atoms with E-state index in [4.69, 9.17) is 4.84 Å². The largest absolute Gasteiger partial charge is 0.390 e. The van der Waals surface area contributed by atoms with Crippen LogP contribution in [0.5, 0.6) is 0 Å². The zero-order chi connectivity index (χ0) is 26.9. The molecule has 0 bridgehead atoms. The van der Waals surface area contributed by atoms with Crippen LogP contribution in [0.1, 0.15) is 63.4 Å². The SMILES string of the molecule is CN(c1c(C#N)c(=O)n(C)c2ccc(C#N)nc12)C1CCC(/C(=N\OC(C)(C)C)c2cncn2C)CC1. The van der Waals surface area contributed by atoms with Gasteiger partial charge < -0.3 is 18.9 Å². The summed E-state index contributed by atoms with van der Waals surface area (Å²) in [5, 5.41) is 23.9. The molecule has 3 aromatic rings. The number of rotatable bonds is 5. The van der Waals surface area contributed by atoms with Crippen molar-refractivity contribution >= 4 is 22.4 Å². The molecule has 1 saturated carbocycles. The van der Waals surface area contributed by atoms with Gasteiger partial charge in [0.2, 0.25) is 0 Å². The maximum absolute atomic E-state index is 13.0. The summed E-state index contributed by atoms with van der Waals surface area (Å²) in [4.78, 5) is 29.6. The van der Waals surface area contributed by atoms with Gasteiger partial charge >= 0.3 is 0 Å². The van der Waals surface area contributed by atoms with E-state index in [1.807, 2.05) is 50.5 Å². The number of oxime groups is 1. The highest BCUT2D eigenvalue weighted by Crippen LogP contribution is 2.35. The summed E-state index contributed by atoms with van der Waals surface area (Å²) in [6, 6.07) is 7.54. The molecule has 0 spiro atoms. The highest BCUT2D eigenvalue weighted by Gasteiger charge is 2.32. The second kappa shape index (κ2) is 10.1. The maximum atomic E-state index is 13.0. The summed E-state index contributed by atoms with van der Waals surface area (Å²) in [6.07, 6.45) is 6.93. The standard InChI is InChI=1S/C27H32N8O2/c1-27(2,3)37-32-23(22-15-30-16-33(22)4)17-7-10-19(11-8-17)34(5)25-20(14-29)26(36)35(6)21-12-9-18(13-28)31-24(21)25/h9,12,15-17,19H,7-8,10-11H2,1-6H3/b32-23+. The normalized spacial score (nSPS) is 18.3. The molecule has 0 N–H and O–H groups in total. The van der Waals surface area contributed by atoms with E-state index >= 15 is 0 Å². The van der Waals surface area contributed by atoms with Crippen molar-refractivity contribution in [2.75, 3.05) is 11.9 Å². The van der Waals surface area contributed by atoms with Gasteiger partial charge in [0, 0.05) is 33.1 Å². The summed E-state index contributed by atoms with van der Waals surface area (Å²) >= 11 is 0. The predicted molar refractivity (Wildman–Crippen MR) is 141 cm³/mol. The van der Waals surface area contributed by atoms with E-state index in [0.29, 0.717) is 16.7 Å². The number of aromatic nitrogens is 4. The third kappa shape index (κ3) is 5.05. The lowest BCUT2D eigenvalue weighted by Crippen LogP contribution is -2.39. The van der Waals surface area contributed by atoms with Crippen molar-refractivity contribution in [2.45, 2.75) is 58.1 Å². The number of pyridine rings is 2. The second-order valence-electron chi connectivity index (χ2n) is 10.6. The van der Waals surface area contributed by atoms with Crippen LogP contribution in [-0.2, 0) is 18.9 Å². The van der Waals surface area contributed by atoms with Gasteiger partial charge in [-0.05, 0) is 58.6 Å². The van der Waals surface area contributed by atoms with Crippen LogP contribution in [-0.4, -0.2) is 43.5 Å². The summed E-state index contributed by atoms with van der Waals surface area (Å²) in [5.74, 6) is 0.182. The number of anilines is 1. The van der Waals surface area contributed by atoms with Crippen molar-refractivity contribution < 1.29 is 4.84 Å². The van der Waals surface area contributed by atoms with Gasteiger partial charge in [-0.1, -0.05) is 5.16 Å². The molecular weight excluding hydrogens is 468 g/mol. The Hall–Kier alpha value is -4.18. The number of fused-ring (bicyclic) bond motifs is 1.